The Morgan fingerprint density at radius 3 is 2.47 bits per heavy atom. The molecule has 2 aliphatic rings. The van der Waals surface area contributed by atoms with E-state index in [2.05, 4.69) is 28.5 Å². The number of hydrogen-bond acceptors (Lipinski definition) is 4. The smallest absolute Gasteiger partial charge is 0.316 e. The van der Waals surface area contributed by atoms with E-state index in [0.717, 1.165) is 47.2 Å². The number of anilines is 1. The molecule has 176 valence electrons. The van der Waals surface area contributed by atoms with Gasteiger partial charge in [-0.05, 0) is 48.4 Å². The van der Waals surface area contributed by atoms with Crippen LogP contribution in [0.3, 0.4) is 0 Å². The van der Waals surface area contributed by atoms with Gasteiger partial charge in [0.2, 0.25) is 5.91 Å². The monoisotopic (exact) mass is 457 g/mol. The van der Waals surface area contributed by atoms with E-state index < -0.39 is 5.41 Å². The van der Waals surface area contributed by atoms with Crippen LogP contribution in [-0.4, -0.2) is 53.2 Å². The summed E-state index contributed by atoms with van der Waals surface area (Å²) in [7, 11) is 1.69. The van der Waals surface area contributed by atoms with Gasteiger partial charge >= 0.3 is 6.03 Å². The summed E-state index contributed by atoms with van der Waals surface area (Å²) in [4.78, 5) is 33.1. The van der Waals surface area contributed by atoms with Crippen LogP contribution in [0.2, 0.25) is 0 Å². The lowest BCUT2D eigenvalue weighted by Gasteiger charge is -2.37. The van der Waals surface area contributed by atoms with E-state index >= 15 is 0 Å². The molecule has 2 saturated heterocycles. The highest BCUT2D eigenvalue weighted by Gasteiger charge is 2.51. The van der Waals surface area contributed by atoms with Crippen molar-refractivity contribution < 1.29 is 9.59 Å². The van der Waals surface area contributed by atoms with E-state index in [1.807, 2.05) is 57.2 Å². The van der Waals surface area contributed by atoms with Crippen molar-refractivity contribution in [2.75, 3.05) is 25.0 Å². The van der Waals surface area contributed by atoms with Crippen LogP contribution in [0, 0.1) is 11.3 Å². The second-order valence-electron chi connectivity index (χ2n) is 10.2. The number of rotatable bonds is 3. The largest absolute Gasteiger partial charge is 0.344 e. The summed E-state index contributed by atoms with van der Waals surface area (Å²) in [5, 5.41) is 7.65. The number of nitrogens with one attached hydrogen (secondary N) is 1. The minimum Gasteiger partial charge on any atom is -0.316 e. The average molecular weight is 458 g/mol. The van der Waals surface area contributed by atoms with Crippen molar-refractivity contribution in [3.05, 3.63) is 60.8 Å². The third-order valence-corrected chi connectivity index (χ3v) is 6.78. The maximum Gasteiger partial charge on any atom is 0.344 e. The zero-order valence-electron chi connectivity index (χ0n) is 20.2. The molecule has 2 unspecified atom stereocenters. The van der Waals surface area contributed by atoms with Crippen LogP contribution in [0.1, 0.15) is 27.2 Å². The number of pyridine rings is 1. The highest BCUT2D eigenvalue weighted by atomic mass is 16.2. The minimum atomic E-state index is -0.594. The second kappa shape index (κ2) is 8.40. The molecule has 0 radical (unpaired) electrons. The molecule has 34 heavy (non-hydrogen) atoms. The molecule has 1 aromatic heterocycles. The fourth-order valence-corrected chi connectivity index (χ4v) is 4.91. The SMILES string of the molecule is CN1C(=O)N(c2ccc(-c3ccc4cccnc4c3)cc2)C(C2CCNC2)N1C(=O)C(C)(C)C. The molecule has 0 spiro atoms. The molecule has 3 aromatic rings. The van der Waals surface area contributed by atoms with Crippen molar-refractivity contribution in [1.82, 2.24) is 20.3 Å². The van der Waals surface area contributed by atoms with Gasteiger partial charge in [-0.1, -0.05) is 51.1 Å². The molecule has 2 aliphatic heterocycles. The molecule has 1 N–H and O–H groups in total. The number of nitrogens with zero attached hydrogens (tertiary/aromatic N) is 4. The van der Waals surface area contributed by atoms with Crippen LogP contribution < -0.4 is 10.2 Å². The zero-order chi connectivity index (χ0) is 24.0. The molecule has 5 rings (SSSR count). The summed E-state index contributed by atoms with van der Waals surface area (Å²) in [5.41, 5.74) is 3.27. The van der Waals surface area contributed by atoms with E-state index in [1.165, 1.54) is 5.01 Å². The van der Waals surface area contributed by atoms with Gasteiger partial charge in [-0.15, -0.1) is 0 Å². The number of aromatic nitrogens is 1. The minimum absolute atomic E-state index is 0.0527. The summed E-state index contributed by atoms with van der Waals surface area (Å²) in [5.74, 6) is 0.106. The third-order valence-electron chi connectivity index (χ3n) is 6.78. The molecule has 2 aromatic carbocycles. The Bertz CT molecular complexity index is 1230. The normalized spacial score (nSPS) is 21.1. The fourth-order valence-electron chi connectivity index (χ4n) is 4.91. The topological polar surface area (TPSA) is 68.8 Å². The molecular weight excluding hydrogens is 426 g/mol. The van der Waals surface area contributed by atoms with Crippen molar-refractivity contribution in [3.8, 4) is 11.1 Å². The standard InChI is InChI=1S/C27H31N5O2/c1-27(2,3)25(33)32-24(21-13-15-28-17-21)31(26(34)30(32)4)22-11-9-18(10-12-22)20-8-7-19-6-5-14-29-23(19)16-20/h5-12,14,16,21,24,28H,13,15,17H2,1-4H3. The summed E-state index contributed by atoms with van der Waals surface area (Å²) in [6.45, 7) is 7.35. The Hall–Kier alpha value is -3.45. The first-order valence-electron chi connectivity index (χ1n) is 11.8. The quantitative estimate of drug-likeness (QED) is 0.629. The molecule has 2 fully saturated rings. The number of carbonyl (C=O) groups is 2. The lowest BCUT2D eigenvalue weighted by Crippen LogP contribution is -2.53. The first kappa shape index (κ1) is 22.3. The lowest BCUT2D eigenvalue weighted by molar-refractivity contribution is -0.153. The summed E-state index contributed by atoms with van der Waals surface area (Å²) < 4.78 is 0. The predicted molar refractivity (Wildman–Crippen MR) is 134 cm³/mol. The van der Waals surface area contributed by atoms with E-state index in [0.29, 0.717) is 0 Å². The van der Waals surface area contributed by atoms with Gasteiger partial charge in [0.15, 0.2) is 0 Å². The van der Waals surface area contributed by atoms with Gasteiger partial charge in [0.05, 0.1) is 5.52 Å². The Kier molecular flexibility index (Phi) is 5.52. The van der Waals surface area contributed by atoms with E-state index in [4.69, 9.17) is 0 Å². The average Bonchev–Trinajstić information content (AvgIpc) is 3.45. The van der Waals surface area contributed by atoms with Gasteiger partial charge in [0, 0.05) is 42.2 Å². The van der Waals surface area contributed by atoms with Crippen LogP contribution in [0.5, 0.6) is 0 Å². The second-order valence-corrected chi connectivity index (χ2v) is 10.2. The van der Waals surface area contributed by atoms with E-state index in [9.17, 15) is 9.59 Å². The maximum atomic E-state index is 13.4. The van der Waals surface area contributed by atoms with Crippen LogP contribution in [0.4, 0.5) is 10.5 Å². The number of amides is 3. The van der Waals surface area contributed by atoms with Gasteiger partial charge < -0.3 is 5.32 Å². The van der Waals surface area contributed by atoms with Crippen molar-refractivity contribution in [1.29, 1.82) is 0 Å². The van der Waals surface area contributed by atoms with E-state index in [-0.39, 0.29) is 24.0 Å². The lowest BCUT2D eigenvalue weighted by atomic mass is 9.93. The van der Waals surface area contributed by atoms with Crippen molar-refractivity contribution in [2.45, 2.75) is 33.4 Å². The highest BCUT2D eigenvalue weighted by Crippen LogP contribution is 2.37. The van der Waals surface area contributed by atoms with Crippen LogP contribution >= 0.6 is 0 Å². The Morgan fingerprint density at radius 1 is 1.06 bits per heavy atom. The number of fused-ring (bicyclic) bond motifs is 1. The van der Waals surface area contributed by atoms with Crippen molar-refractivity contribution in [2.24, 2.45) is 11.3 Å². The molecule has 3 heterocycles. The third kappa shape index (κ3) is 3.80. The molecule has 0 bridgehead atoms. The molecule has 3 amide bonds. The molecule has 2 atom stereocenters. The molecule has 7 heteroatoms. The van der Waals surface area contributed by atoms with Crippen LogP contribution in [0.15, 0.2) is 60.8 Å². The van der Waals surface area contributed by atoms with Crippen LogP contribution in [0.25, 0.3) is 22.0 Å². The number of carbonyl (C=O) groups excluding carboxylic acids is 2. The Morgan fingerprint density at radius 2 is 1.79 bits per heavy atom. The number of urea groups is 1. The molecule has 7 nitrogen and oxygen atoms in total. The van der Waals surface area contributed by atoms with Crippen LogP contribution in [-0.2, 0) is 4.79 Å². The Labute approximate surface area is 200 Å². The van der Waals surface area contributed by atoms with Gasteiger partial charge in [-0.3, -0.25) is 14.7 Å². The van der Waals surface area contributed by atoms with Gasteiger partial charge in [0.1, 0.15) is 6.17 Å². The summed E-state index contributed by atoms with van der Waals surface area (Å²) >= 11 is 0. The zero-order valence-corrected chi connectivity index (χ0v) is 20.2. The number of hydrogen-bond donors (Lipinski definition) is 1. The fraction of sp³-hybridized carbons (Fsp3) is 0.370. The predicted octanol–water partition coefficient (Wildman–Crippen LogP) is 4.50. The first-order valence-corrected chi connectivity index (χ1v) is 11.8. The van der Waals surface area contributed by atoms with Crippen molar-refractivity contribution >= 4 is 28.5 Å². The molecular formula is C27H31N5O2. The number of hydrazine groups is 1. The van der Waals surface area contributed by atoms with Crippen molar-refractivity contribution in [3.63, 3.8) is 0 Å². The molecule has 0 aliphatic carbocycles. The number of benzene rings is 2. The summed E-state index contributed by atoms with van der Waals surface area (Å²) in [6, 6.07) is 18.1. The van der Waals surface area contributed by atoms with Gasteiger partial charge in [-0.25, -0.2) is 14.8 Å². The molecule has 0 saturated carbocycles. The summed E-state index contributed by atoms with van der Waals surface area (Å²) in [6.07, 6.45) is 2.36. The highest BCUT2D eigenvalue weighted by molar-refractivity contribution is 5.98. The maximum absolute atomic E-state index is 13.4. The Balaban J connectivity index is 1.50. The van der Waals surface area contributed by atoms with E-state index in [1.54, 1.807) is 23.2 Å². The van der Waals surface area contributed by atoms with Gasteiger partial charge in [0.25, 0.3) is 0 Å². The van der Waals surface area contributed by atoms with Gasteiger partial charge in [-0.2, -0.15) is 0 Å². The first-order chi connectivity index (χ1) is 16.3.